The van der Waals surface area contributed by atoms with Crippen LogP contribution < -0.4 is 5.73 Å². The fourth-order valence-corrected chi connectivity index (χ4v) is 2.33. The molecule has 7 heteroatoms. The summed E-state index contributed by atoms with van der Waals surface area (Å²) in [6.45, 7) is 2.12. The van der Waals surface area contributed by atoms with Crippen LogP contribution >= 0.6 is 0 Å². The minimum atomic E-state index is -0.106. The molecular formula is C14H15N5O2. The lowest BCUT2D eigenvalue weighted by atomic mass is 10.1. The summed E-state index contributed by atoms with van der Waals surface area (Å²) in [4.78, 5) is 8.27. The first-order chi connectivity index (χ1) is 10.1. The maximum atomic E-state index is 10.0. The number of phenols is 1. The predicted octanol–water partition coefficient (Wildman–Crippen LogP) is 0.963. The molecule has 0 radical (unpaired) electrons. The lowest BCUT2D eigenvalue weighted by molar-refractivity contribution is 0.281. The van der Waals surface area contributed by atoms with Crippen molar-refractivity contribution in [3.8, 4) is 5.75 Å². The molecule has 0 saturated heterocycles. The highest BCUT2D eigenvalue weighted by molar-refractivity contribution is 5.77. The highest BCUT2D eigenvalue weighted by Crippen LogP contribution is 2.22. The molecule has 7 nitrogen and oxygen atoms in total. The molecule has 0 bridgehead atoms. The lowest BCUT2D eigenvalue weighted by Gasteiger charge is -2.08. The number of phenolic OH excluding ortho intramolecular Hbond substituents is 1. The van der Waals surface area contributed by atoms with Crippen molar-refractivity contribution in [2.45, 2.75) is 20.1 Å². The first-order valence-corrected chi connectivity index (χ1v) is 6.45. The van der Waals surface area contributed by atoms with E-state index in [0.29, 0.717) is 23.2 Å². The summed E-state index contributed by atoms with van der Waals surface area (Å²) in [7, 11) is 0. The standard InChI is InChI=1S/C14H15N5O2/c1-8-13-11(18-14(15)17-8)5-16-19(13)6-10-3-2-9(7-20)4-12(10)21/h2-5,20-21H,6-7H2,1H3,(H2,15,17,18). The molecule has 0 aliphatic carbocycles. The van der Waals surface area contributed by atoms with E-state index in [2.05, 4.69) is 15.1 Å². The van der Waals surface area contributed by atoms with Gasteiger partial charge >= 0.3 is 0 Å². The van der Waals surface area contributed by atoms with E-state index < -0.39 is 0 Å². The first-order valence-electron chi connectivity index (χ1n) is 6.45. The molecule has 4 N–H and O–H groups in total. The van der Waals surface area contributed by atoms with Crippen LogP contribution in [-0.4, -0.2) is 30.0 Å². The van der Waals surface area contributed by atoms with Crippen LogP contribution in [0.5, 0.6) is 5.75 Å². The molecule has 0 aliphatic rings. The summed E-state index contributed by atoms with van der Waals surface area (Å²) in [6, 6.07) is 5.08. The Morgan fingerprint density at radius 2 is 2.10 bits per heavy atom. The minimum absolute atomic E-state index is 0.106. The zero-order valence-electron chi connectivity index (χ0n) is 11.5. The Bertz CT molecular complexity index is 812. The van der Waals surface area contributed by atoms with Crippen molar-refractivity contribution in [2.24, 2.45) is 0 Å². The van der Waals surface area contributed by atoms with Gasteiger partial charge in [-0.05, 0) is 18.6 Å². The molecule has 0 unspecified atom stereocenters. The van der Waals surface area contributed by atoms with Crippen LogP contribution in [0.2, 0.25) is 0 Å². The van der Waals surface area contributed by atoms with Crippen LogP contribution in [0.1, 0.15) is 16.8 Å². The van der Waals surface area contributed by atoms with Gasteiger partial charge in [0.1, 0.15) is 16.8 Å². The Balaban J connectivity index is 2.02. The van der Waals surface area contributed by atoms with Gasteiger partial charge < -0.3 is 15.9 Å². The average Bonchev–Trinajstić information content (AvgIpc) is 2.84. The predicted molar refractivity (Wildman–Crippen MR) is 77.6 cm³/mol. The molecule has 0 aliphatic heterocycles. The van der Waals surface area contributed by atoms with Crippen molar-refractivity contribution < 1.29 is 10.2 Å². The number of nitrogens with zero attached hydrogens (tertiary/aromatic N) is 4. The highest BCUT2D eigenvalue weighted by Gasteiger charge is 2.11. The zero-order chi connectivity index (χ0) is 15.0. The number of aromatic hydroxyl groups is 1. The molecule has 0 amide bonds. The number of aliphatic hydroxyl groups excluding tert-OH is 1. The van der Waals surface area contributed by atoms with Gasteiger partial charge in [0.25, 0.3) is 0 Å². The summed E-state index contributed by atoms with van der Waals surface area (Å²) < 4.78 is 1.72. The molecule has 0 saturated carbocycles. The molecule has 1 aromatic carbocycles. The molecular weight excluding hydrogens is 270 g/mol. The number of nitrogens with two attached hydrogens (primary N) is 1. The van der Waals surface area contributed by atoms with Gasteiger partial charge in [0.2, 0.25) is 5.95 Å². The van der Waals surface area contributed by atoms with E-state index in [1.165, 1.54) is 0 Å². The van der Waals surface area contributed by atoms with E-state index in [4.69, 9.17) is 10.8 Å². The van der Waals surface area contributed by atoms with E-state index in [0.717, 1.165) is 11.2 Å². The van der Waals surface area contributed by atoms with Crippen LogP contribution in [0, 0.1) is 6.92 Å². The van der Waals surface area contributed by atoms with Crippen LogP contribution in [0.25, 0.3) is 11.0 Å². The van der Waals surface area contributed by atoms with Gasteiger partial charge in [-0.15, -0.1) is 0 Å². The SMILES string of the molecule is Cc1nc(N)nc2cnn(Cc3ccc(CO)cc3O)c12. The fourth-order valence-electron chi connectivity index (χ4n) is 2.33. The van der Waals surface area contributed by atoms with E-state index in [1.54, 1.807) is 29.1 Å². The molecule has 0 atom stereocenters. The van der Waals surface area contributed by atoms with Gasteiger partial charge in [-0.25, -0.2) is 9.97 Å². The number of nitrogen functional groups attached to an aromatic ring is 1. The largest absolute Gasteiger partial charge is 0.508 e. The van der Waals surface area contributed by atoms with Crippen LogP contribution in [0.15, 0.2) is 24.4 Å². The van der Waals surface area contributed by atoms with E-state index in [1.807, 2.05) is 6.92 Å². The molecule has 0 spiro atoms. The second-order valence-corrected chi connectivity index (χ2v) is 4.82. The average molecular weight is 285 g/mol. The topological polar surface area (TPSA) is 110 Å². The first kappa shape index (κ1) is 13.3. The lowest BCUT2D eigenvalue weighted by Crippen LogP contribution is -2.05. The van der Waals surface area contributed by atoms with Crippen LogP contribution in [0.4, 0.5) is 5.95 Å². The number of rotatable bonds is 3. The van der Waals surface area contributed by atoms with E-state index in [9.17, 15) is 5.11 Å². The molecule has 0 fully saturated rings. The smallest absolute Gasteiger partial charge is 0.220 e. The number of hydrogen-bond donors (Lipinski definition) is 3. The molecule has 2 aromatic heterocycles. The van der Waals surface area contributed by atoms with Crippen molar-refractivity contribution in [3.05, 3.63) is 41.2 Å². The zero-order valence-corrected chi connectivity index (χ0v) is 11.5. The maximum absolute atomic E-state index is 10.0. The van der Waals surface area contributed by atoms with E-state index >= 15 is 0 Å². The normalized spacial score (nSPS) is 11.1. The summed E-state index contributed by atoms with van der Waals surface area (Å²) in [5.74, 6) is 0.342. The van der Waals surface area contributed by atoms with Gasteiger partial charge in [0.05, 0.1) is 25.0 Å². The minimum Gasteiger partial charge on any atom is -0.508 e. The number of aryl methyl sites for hydroxylation is 1. The Hall–Kier alpha value is -2.67. The fraction of sp³-hybridized carbons (Fsp3) is 0.214. The van der Waals surface area contributed by atoms with Gasteiger partial charge in [0.15, 0.2) is 0 Å². The third kappa shape index (κ3) is 2.38. The monoisotopic (exact) mass is 285 g/mol. The Kier molecular flexibility index (Phi) is 3.19. The van der Waals surface area contributed by atoms with Crippen molar-refractivity contribution in [3.63, 3.8) is 0 Å². The van der Waals surface area contributed by atoms with E-state index in [-0.39, 0.29) is 18.3 Å². The summed E-state index contributed by atoms with van der Waals surface area (Å²) in [6.07, 6.45) is 1.62. The van der Waals surface area contributed by atoms with Gasteiger partial charge in [-0.2, -0.15) is 5.10 Å². The van der Waals surface area contributed by atoms with Crippen molar-refractivity contribution >= 4 is 17.0 Å². The number of fused-ring (bicyclic) bond motifs is 1. The molecule has 3 rings (SSSR count). The van der Waals surface area contributed by atoms with Crippen molar-refractivity contribution in [1.82, 2.24) is 19.7 Å². The van der Waals surface area contributed by atoms with Crippen molar-refractivity contribution in [2.75, 3.05) is 5.73 Å². The maximum Gasteiger partial charge on any atom is 0.220 e. The molecule has 21 heavy (non-hydrogen) atoms. The highest BCUT2D eigenvalue weighted by atomic mass is 16.3. The molecule has 3 aromatic rings. The van der Waals surface area contributed by atoms with Gasteiger partial charge in [0, 0.05) is 5.56 Å². The Morgan fingerprint density at radius 1 is 1.29 bits per heavy atom. The summed E-state index contributed by atoms with van der Waals surface area (Å²) in [5.41, 5.74) is 9.18. The number of aromatic nitrogens is 4. The number of benzene rings is 1. The summed E-state index contributed by atoms with van der Waals surface area (Å²) >= 11 is 0. The number of anilines is 1. The third-order valence-electron chi connectivity index (χ3n) is 3.33. The van der Waals surface area contributed by atoms with Gasteiger partial charge in [-0.3, -0.25) is 4.68 Å². The quantitative estimate of drug-likeness (QED) is 0.661. The second kappa shape index (κ2) is 5.02. The number of hydrogen-bond acceptors (Lipinski definition) is 6. The molecule has 108 valence electrons. The Labute approximate surface area is 120 Å². The van der Waals surface area contributed by atoms with Crippen LogP contribution in [0.3, 0.4) is 0 Å². The third-order valence-corrected chi connectivity index (χ3v) is 3.33. The number of aliphatic hydroxyl groups is 1. The molecule has 2 heterocycles. The van der Waals surface area contributed by atoms with Crippen LogP contribution in [-0.2, 0) is 13.2 Å². The van der Waals surface area contributed by atoms with Crippen molar-refractivity contribution in [1.29, 1.82) is 0 Å². The van der Waals surface area contributed by atoms with Gasteiger partial charge in [-0.1, -0.05) is 12.1 Å². The summed E-state index contributed by atoms with van der Waals surface area (Å²) in [5, 5.41) is 23.3. The Morgan fingerprint density at radius 3 is 2.81 bits per heavy atom. The second-order valence-electron chi connectivity index (χ2n) is 4.82.